The average molecular weight is 278 g/mol. The normalized spacial score (nSPS) is 26.6. The van der Waals surface area contributed by atoms with Gasteiger partial charge in [-0.3, -0.25) is 5.41 Å². The first kappa shape index (κ1) is 13.0. The molecule has 2 atom stereocenters. The maximum atomic E-state index is 13.3. The lowest BCUT2D eigenvalue weighted by atomic mass is 9.94. The summed E-state index contributed by atoms with van der Waals surface area (Å²) in [6.07, 6.45) is 7.02. The van der Waals surface area contributed by atoms with Gasteiger partial charge in [-0.25, -0.2) is 4.39 Å². The van der Waals surface area contributed by atoms with Gasteiger partial charge in [0.25, 0.3) is 0 Å². The third kappa shape index (κ3) is 2.38. The monoisotopic (exact) mass is 278 g/mol. The Morgan fingerprint density at radius 1 is 1.37 bits per heavy atom. The lowest BCUT2D eigenvalue weighted by Crippen LogP contribution is -2.39. The Balaban J connectivity index is 1.79. The highest BCUT2D eigenvalue weighted by molar-refractivity contribution is 7.99. The van der Waals surface area contributed by atoms with Crippen molar-refractivity contribution in [2.24, 2.45) is 0 Å². The Morgan fingerprint density at radius 2 is 2.21 bits per heavy atom. The summed E-state index contributed by atoms with van der Waals surface area (Å²) in [7, 11) is 0. The maximum absolute atomic E-state index is 13.3. The van der Waals surface area contributed by atoms with Crippen LogP contribution in [0.2, 0.25) is 0 Å². The van der Waals surface area contributed by atoms with Gasteiger partial charge in [0.1, 0.15) is 11.7 Å². The molecule has 1 fully saturated rings. The number of benzene rings is 1. The number of halogens is 1. The minimum atomic E-state index is -0.240. The zero-order valence-electron chi connectivity index (χ0n) is 11.2. The van der Waals surface area contributed by atoms with E-state index < -0.39 is 0 Å². The highest BCUT2D eigenvalue weighted by Crippen LogP contribution is 2.34. The van der Waals surface area contributed by atoms with E-state index in [2.05, 4.69) is 11.2 Å². The minimum absolute atomic E-state index is 0.240. The fourth-order valence-electron chi connectivity index (χ4n) is 3.25. The minimum Gasteiger partial charge on any atom is -0.349 e. The van der Waals surface area contributed by atoms with Crippen LogP contribution in [0.1, 0.15) is 36.8 Å². The Bertz CT molecular complexity index is 503. The molecule has 19 heavy (non-hydrogen) atoms. The van der Waals surface area contributed by atoms with Crippen molar-refractivity contribution in [2.45, 2.75) is 43.5 Å². The Kier molecular flexibility index (Phi) is 3.52. The van der Waals surface area contributed by atoms with Crippen molar-refractivity contribution in [3.05, 3.63) is 35.1 Å². The number of rotatable bonds is 2. The van der Waals surface area contributed by atoms with Crippen LogP contribution in [0.5, 0.6) is 0 Å². The summed E-state index contributed by atoms with van der Waals surface area (Å²) in [6.45, 7) is 0.778. The number of amidine groups is 1. The summed E-state index contributed by atoms with van der Waals surface area (Å²) in [5.41, 5.74) is 1.88. The van der Waals surface area contributed by atoms with Gasteiger partial charge < -0.3 is 4.90 Å². The number of thioether (sulfide) groups is 1. The van der Waals surface area contributed by atoms with E-state index >= 15 is 0 Å². The molecule has 102 valence electrons. The lowest BCUT2D eigenvalue weighted by Gasteiger charge is -2.35. The molecule has 0 bridgehead atoms. The van der Waals surface area contributed by atoms with Crippen molar-refractivity contribution in [2.75, 3.05) is 6.26 Å². The highest BCUT2D eigenvalue weighted by Gasteiger charge is 2.33. The molecule has 2 unspecified atom stereocenters. The standard InChI is InChI=1S/C15H19FN2S/c1-19-13-4-2-3-12(8-13)18-9-10-5-6-11(16)7-14(10)15(18)17/h5-7,12-13,17H,2-4,8-9H2,1H3. The van der Waals surface area contributed by atoms with Crippen molar-refractivity contribution < 1.29 is 4.39 Å². The highest BCUT2D eigenvalue weighted by atomic mass is 32.2. The van der Waals surface area contributed by atoms with Crippen molar-refractivity contribution in [1.82, 2.24) is 4.90 Å². The molecule has 3 rings (SSSR count). The van der Waals surface area contributed by atoms with Crippen LogP contribution < -0.4 is 0 Å². The molecule has 2 aliphatic rings. The number of hydrogen-bond donors (Lipinski definition) is 1. The van der Waals surface area contributed by atoms with Gasteiger partial charge in [0.15, 0.2) is 0 Å². The molecule has 0 amide bonds. The van der Waals surface area contributed by atoms with E-state index in [1.54, 1.807) is 0 Å². The van der Waals surface area contributed by atoms with E-state index in [4.69, 9.17) is 5.41 Å². The first-order valence-electron chi connectivity index (χ1n) is 6.86. The van der Waals surface area contributed by atoms with Gasteiger partial charge in [-0.2, -0.15) is 11.8 Å². The molecule has 1 aliphatic carbocycles. The molecule has 0 saturated heterocycles. The van der Waals surface area contributed by atoms with Crippen LogP contribution in [0.3, 0.4) is 0 Å². The third-order valence-corrected chi connectivity index (χ3v) is 5.42. The van der Waals surface area contributed by atoms with Crippen LogP contribution in [0.4, 0.5) is 4.39 Å². The van der Waals surface area contributed by atoms with E-state index in [0.29, 0.717) is 17.1 Å². The van der Waals surface area contributed by atoms with E-state index in [1.165, 1.54) is 25.0 Å². The first-order chi connectivity index (χ1) is 9.19. The molecule has 4 heteroatoms. The second kappa shape index (κ2) is 5.16. The predicted molar refractivity (Wildman–Crippen MR) is 78.3 cm³/mol. The zero-order chi connectivity index (χ0) is 13.4. The quantitative estimate of drug-likeness (QED) is 0.894. The van der Waals surface area contributed by atoms with E-state index in [1.807, 2.05) is 17.8 Å². The molecule has 0 spiro atoms. The van der Waals surface area contributed by atoms with Crippen LogP contribution in [0.15, 0.2) is 18.2 Å². The molecule has 0 aromatic heterocycles. The van der Waals surface area contributed by atoms with Gasteiger partial charge in [0.2, 0.25) is 0 Å². The van der Waals surface area contributed by atoms with Crippen LogP contribution in [0.25, 0.3) is 0 Å². The SMILES string of the molecule is CSC1CCCC(N2Cc3ccc(F)cc3C2=N)C1. The smallest absolute Gasteiger partial charge is 0.129 e. The fraction of sp³-hybridized carbons (Fsp3) is 0.533. The Labute approximate surface area is 117 Å². The lowest BCUT2D eigenvalue weighted by molar-refractivity contribution is 0.248. The topological polar surface area (TPSA) is 27.1 Å². The number of nitrogens with one attached hydrogen (secondary N) is 1. The molecule has 1 N–H and O–H groups in total. The molecule has 1 saturated carbocycles. The Morgan fingerprint density at radius 3 is 3.00 bits per heavy atom. The van der Waals surface area contributed by atoms with Gasteiger partial charge in [0.05, 0.1) is 0 Å². The summed E-state index contributed by atoms with van der Waals surface area (Å²) in [6, 6.07) is 5.29. The molecule has 1 aliphatic heterocycles. The van der Waals surface area contributed by atoms with E-state index in [9.17, 15) is 4.39 Å². The second-order valence-electron chi connectivity index (χ2n) is 5.46. The summed E-state index contributed by atoms with van der Waals surface area (Å²) < 4.78 is 13.3. The van der Waals surface area contributed by atoms with Crippen LogP contribution in [-0.4, -0.2) is 28.3 Å². The Hall–Kier alpha value is -1.03. The summed E-state index contributed by atoms with van der Waals surface area (Å²) in [5.74, 6) is 0.275. The molecule has 1 aromatic rings. The second-order valence-corrected chi connectivity index (χ2v) is 6.59. The molecular formula is C15H19FN2S. The van der Waals surface area contributed by atoms with Crippen molar-refractivity contribution in [1.29, 1.82) is 5.41 Å². The first-order valence-corrected chi connectivity index (χ1v) is 8.14. The summed E-state index contributed by atoms with van der Waals surface area (Å²) in [4.78, 5) is 2.17. The number of nitrogens with zero attached hydrogens (tertiary/aromatic N) is 1. The van der Waals surface area contributed by atoms with E-state index in [-0.39, 0.29) is 5.82 Å². The molecule has 1 heterocycles. The largest absolute Gasteiger partial charge is 0.349 e. The molecular weight excluding hydrogens is 259 g/mol. The van der Waals surface area contributed by atoms with Gasteiger partial charge in [-0.1, -0.05) is 12.5 Å². The third-order valence-electron chi connectivity index (χ3n) is 4.33. The van der Waals surface area contributed by atoms with E-state index in [0.717, 1.165) is 30.5 Å². The van der Waals surface area contributed by atoms with Crippen molar-refractivity contribution in [3.8, 4) is 0 Å². The number of fused-ring (bicyclic) bond motifs is 1. The summed E-state index contributed by atoms with van der Waals surface area (Å²) >= 11 is 1.94. The van der Waals surface area contributed by atoms with Crippen LogP contribution in [-0.2, 0) is 6.54 Å². The molecule has 2 nitrogen and oxygen atoms in total. The maximum Gasteiger partial charge on any atom is 0.129 e. The zero-order valence-corrected chi connectivity index (χ0v) is 12.0. The van der Waals surface area contributed by atoms with Gasteiger partial charge in [-0.15, -0.1) is 0 Å². The van der Waals surface area contributed by atoms with Crippen molar-refractivity contribution >= 4 is 17.6 Å². The van der Waals surface area contributed by atoms with Crippen molar-refractivity contribution in [3.63, 3.8) is 0 Å². The molecule has 0 radical (unpaired) electrons. The van der Waals surface area contributed by atoms with Gasteiger partial charge in [-0.05, 0) is 43.2 Å². The van der Waals surface area contributed by atoms with Gasteiger partial charge >= 0.3 is 0 Å². The fourth-order valence-corrected chi connectivity index (χ4v) is 4.07. The molecule has 1 aromatic carbocycles. The van der Waals surface area contributed by atoms with Crippen LogP contribution >= 0.6 is 11.8 Å². The number of hydrogen-bond acceptors (Lipinski definition) is 2. The van der Waals surface area contributed by atoms with Gasteiger partial charge in [0, 0.05) is 23.4 Å². The average Bonchev–Trinajstić information content (AvgIpc) is 2.76. The predicted octanol–water partition coefficient (Wildman–Crippen LogP) is 3.64. The van der Waals surface area contributed by atoms with Crippen LogP contribution in [0, 0.1) is 11.2 Å². The summed E-state index contributed by atoms with van der Waals surface area (Å²) in [5, 5.41) is 9.01.